The fourth-order valence-electron chi connectivity index (χ4n) is 3.38. The number of rotatable bonds is 4. The van der Waals surface area contributed by atoms with Gasteiger partial charge in [-0.15, -0.1) is 0 Å². The first-order valence-electron chi connectivity index (χ1n) is 8.55. The van der Waals surface area contributed by atoms with Gasteiger partial charge >= 0.3 is 0 Å². The Morgan fingerprint density at radius 3 is 2.35 bits per heavy atom. The van der Waals surface area contributed by atoms with Crippen LogP contribution in [0.5, 0.6) is 0 Å². The first kappa shape index (κ1) is 16.3. The molecule has 1 saturated carbocycles. The van der Waals surface area contributed by atoms with Gasteiger partial charge < -0.3 is 11.1 Å². The molecule has 7 nitrogen and oxygen atoms in total. The smallest absolute Gasteiger partial charge is 0.235 e. The van der Waals surface area contributed by atoms with Crippen LogP contribution >= 0.6 is 0 Å². The van der Waals surface area contributed by atoms with E-state index in [1.54, 1.807) is 29.5 Å². The molecule has 132 valence electrons. The maximum Gasteiger partial charge on any atom is 0.235 e. The molecule has 26 heavy (non-hydrogen) atoms. The number of nitrogens with two attached hydrogens (primary N) is 1. The Hall–Kier alpha value is -3.22. The Morgan fingerprint density at radius 1 is 1.12 bits per heavy atom. The Morgan fingerprint density at radius 2 is 1.81 bits per heavy atom. The van der Waals surface area contributed by atoms with Crippen molar-refractivity contribution >= 4 is 17.5 Å². The number of nitrogen functional groups attached to an aromatic ring is 1. The molecule has 0 saturated heterocycles. The number of aromatic nitrogens is 4. The molecule has 0 bridgehead atoms. The highest BCUT2D eigenvalue weighted by Crippen LogP contribution is 2.45. The number of carbonyl (C=O) groups is 1. The first-order chi connectivity index (χ1) is 12.6. The highest BCUT2D eigenvalue weighted by molar-refractivity contribution is 5.99. The van der Waals surface area contributed by atoms with Crippen molar-refractivity contribution in [1.82, 2.24) is 19.7 Å². The number of nitrogens with one attached hydrogen (secondary N) is 1. The van der Waals surface area contributed by atoms with Crippen LogP contribution in [0.1, 0.15) is 24.8 Å². The number of anilines is 2. The second-order valence-corrected chi connectivity index (χ2v) is 6.70. The Labute approximate surface area is 151 Å². The van der Waals surface area contributed by atoms with Crippen molar-refractivity contribution in [2.45, 2.75) is 24.7 Å². The molecule has 3 N–H and O–H groups in total. The minimum absolute atomic E-state index is 0.0281. The van der Waals surface area contributed by atoms with E-state index in [4.69, 9.17) is 5.73 Å². The van der Waals surface area contributed by atoms with Crippen LogP contribution in [0.25, 0.3) is 11.1 Å². The van der Waals surface area contributed by atoms with E-state index in [2.05, 4.69) is 20.4 Å². The van der Waals surface area contributed by atoms with Crippen LogP contribution in [0.15, 0.2) is 49.1 Å². The van der Waals surface area contributed by atoms with Gasteiger partial charge in [-0.3, -0.25) is 9.48 Å². The third kappa shape index (κ3) is 2.81. The summed E-state index contributed by atoms with van der Waals surface area (Å²) in [6.07, 6.45) is 9.61. The van der Waals surface area contributed by atoms with Crippen LogP contribution in [-0.2, 0) is 17.3 Å². The Kier molecular flexibility index (Phi) is 3.91. The van der Waals surface area contributed by atoms with Crippen molar-refractivity contribution in [3.63, 3.8) is 0 Å². The summed E-state index contributed by atoms with van der Waals surface area (Å²) in [7, 11) is 1.83. The molecule has 1 aliphatic rings. The van der Waals surface area contributed by atoms with Gasteiger partial charge in [0.05, 0.1) is 17.3 Å². The second-order valence-electron chi connectivity index (χ2n) is 6.70. The molecule has 2 aromatic heterocycles. The number of benzene rings is 1. The Bertz CT molecular complexity index is 925. The summed E-state index contributed by atoms with van der Waals surface area (Å²) >= 11 is 0. The molecule has 0 spiro atoms. The third-order valence-electron chi connectivity index (χ3n) is 5.05. The van der Waals surface area contributed by atoms with Crippen LogP contribution in [0.2, 0.25) is 0 Å². The number of nitrogens with zero attached hydrogens (tertiary/aromatic N) is 4. The van der Waals surface area contributed by atoms with Gasteiger partial charge in [-0.25, -0.2) is 9.97 Å². The summed E-state index contributed by atoms with van der Waals surface area (Å²) in [6, 6.07) is 8.05. The van der Waals surface area contributed by atoms with E-state index >= 15 is 0 Å². The summed E-state index contributed by atoms with van der Waals surface area (Å²) in [4.78, 5) is 21.0. The predicted molar refractivity (Wildman–Crippen MR) is 99.2 cm³/mol. The molecule has 2 heterocycles. The summed E-state index contributed by atoms with van der Waals surface area (Å²) in [5.74, 6) is 0.284. The van der Waals surface area contributed by atoms with Crippen LogP contribution in [-0.4, -0.2) is 25.7 Å². The zero-order chi connectivity index (χ0) is 18.1. The van der Waals surface area contributed by atoms with Gasteiger partial charge in [-0.1, -0.05) is 30.7 Å². The lowest BCUT2D eigenvalue weighted by atomic mass is 9.63. The van der Waals surface area contributed by atoms with E-state index in [1.807, 2.05) is 31.3 Å². The number of aryl methyl sites for hydroxylation is 1. The van der Waals surface area contributed by atoms with Gasteiger partial charge in [0.2, 0.25) is 11.9 Å². The standard InChI is InChI=1S/C19H20N6O/c1-25-12-16(11-23-25)24-17(26)19(7-2-8-19)15-5-3-13(4-6-15)14-9-21-18(20)22-10-14/h3-6,9-12H,2,7-8H2,1H3,(H,24,26)(H2,20,21,22). The maximum atomic E-state index is 12.9. The minimum atomic E-state index is -0.466. The third-order valence-corrected chi connectivity index (χ3v) is 5.05. The topological polar surface area (TPSA) is 98.7 Å². The molecule has 0 atom stereocenters. The largest absolute Gasteiger partial charge is 0.368 e. The molecule has 0 aliphatic heterocycles. The summed E-state index contributed by atoms with van der Waals surface area (Å²) < 4.78 is 1.67. The molecule has 3 aromatic rings. The molecular formula is C19H20N6O. The number of carbonyl (C=O) groups excluding carboxylic acids is 1. The maximum absolute atomic E-state index is 12.9. The van der Waals surface area contributed by atoms with Gasteiger partial charge in [0.1, 0.15) is 0 Å². The predicted octanol–water partition coefficient (Wildman–Crippen LogP) is 2.52. The van der Waals surface area contributed by atoms with Gasteiger partial charge in [0.25, 0.3) is 0 Å². The number of hydrogen-bond donors (Lipinski definition) is 2. The zero-order valence-electron chi connectivity index (χ0n) is 14.5. The van der Waals surface area contributed by atoms with Crippen LogP contribution in [0.4, 0.5) is 11.6 Å². The molecule has 7 heteroatoms. The minimum Gasteiger partial charge on any atom is -0.368 e. The van der Waals surface area contributed by atoms with Gasteiger partial charge in [0.15, 0.2) is 0 Å². The van der Waals surface area contributed by atoms with Crippen molar-refractivity contribution in [2.75, 3.05) is 11.1 Å². The average Bonchev–Trinajstić information content (AvgIpc) is 3.00. The van der Waals surface area contributed by atoms with Crippen molar-refractivity contribution < 1.29 is 4.79 Å². The molecule has 4 rings (SSSR count). The van der Waals surface area contributed by atoms with Crippen molar-refractivity contribution in [3.05, 3.63) is 54.6 Å². The SMILES string of the molecule is Cn1cc(NC(=O)C2(c3ccc(-c4cnc(N)nc4)cc3)CCC2)cn1. The van der Waals surface area contributed by atoms with E-state index in [0.717, 1.165) is 41.6 Å². The number of amides is 1. The van der Waals surface area contributed by atoms with Gasteiger partial charge in [-0.2, -0.15) is 5.10 Å². The van der Waals surface area contributed by atoms with Gasteiger partial charge in [-0.05, 0) is 24.0 Å². The van der Waals surface area contributed by atoms with Crippen molar-refractivity contribution in [1.29, 1.82) is 0 Å². The summed E-state index contributed by atoms with van der Waals surface area (Å²) in [6.45, 7) is 0. The van der Waals surface area contributed by atoms with Gasteiger partial charge in [0, 0.05) is 31.2 Å². The first-order valence-corrected chi connectivity index (χ1v) is 8.55. The fourth-order valence-corrected chi connectivity index (χ4v) is 3.38. The molecule has 1 aromatic carbocycles. The van der Waals surface area contributed by atoms with Crippen LogP contribution in [0, 0.1) is 0 Å². The monoisotopic (exact) mass is 348 g/mol. The highest BCUT2D eigenvalue weighted by Gasteiger charge is 2.45. The molecular weight excluding hydrogens is 328 g/mol. The summed E-state index contributed by atoms with van der Waals surface area (Å²) in [5.41, 5.74) is 8.72. The molecule has 1 amide bonds. The lowest BCUT2D eigenvalue weighted by Crippen LogP contribution is -2.45. The second kappa shape index (κ2) is 6.25. The van der Waals surface area contributed by atoms with E-state index in [1.165, 1.54) is 0 Å². The molecule has 0 radical (unpaired) electrons. The lowest BCUT2D eigenvalue weighted by Gasteiger charge is -2.40. The normalized spacial score (nSPS) is 15.3. The molecule has 1 fully saturated rings. The lowest BCUT2D eigenvalue weighted by molar-refractivity contribution is -0.124. The van der Waals surface area contributed by atoms with Crippen molar-refractivity contribution in [2.24, 2.45) is 7.05 Å². The fraction of sp³-hybridized carbons (Fsp3) is 0.263. The highest BCUT2D eigenvalue weighted by atomic mass is 16.2. The quantitative estimate of drug-likeness (QED) is 0.755. The van der Waals surface area contributed by atoms with E-state index in [-0.39, 0.29) is 11.9 Å². The van der Waals surface area contributed by atoms with E-state index in [9.17, 15) is 4.79 Å². The van der Waals surface area contributed by atoms with E-state index in [0.29, 0.717) is 0 Å². The molecule has 1 aliphatic carbocycles. The van der Waals surface area contributed by atoms with Crippen LogP contribution < -0.4 is 11.1 Å². The Balaban J connectivity index is 1.58. The zero-order valence-corrected chi connectivity index (χ0v) is 14.5. The van der Waals surface area contributed by atoms with Crippen LogP contribution in [0.3, 0.4) is 0 Å². The average molecular weight is 348 g/mol. The van der Waals surface area contributed by atoms with Crippen molar-refractivity contribution in [3.8, 4) is 11.1 Å². The molecule has 0 unspecified atom stereocenters. The van der Waals surface area contributed by atoms with E-state index < -0.39 is 5.41 Å². The number of hydrogen-bond acceptors (Lipinski definition) is 5. The summed E-state index contributed by atoms with van der Waals surface area (Å²) in [5, 5.41) is 7.10.